The summed E-state index contributed by atoms with van der Waals surface area (Å²) in [4.78, 5) is 20.1. The molecule has 1 aromatic heterocycles. The SMILES string of the molecule is C=CCN(CC=C)C(=O)[C@H](C)N1CC=C(c2c[nH]c3ccccc23)CC1. The second-order valence-corrected chi connectivity index (χ2v) is 6.72. The summed E-state index contributed by atoms with van der Waals surface area (Å²) in [7, 11) is 0. The summed E-state index contributed by atoms with van der Waals surface area (Å²) in [5.41, 5.74) is 3.80. The topological polar surface area (TPSA) is 39.3 Å². The molecule has 1 aromatic carbocycles. The number of hydrogen-bond donors (Lipinski definition) is 1. The van der Waals surface area contributed by atoms with Gasteiger partial charge in [-0.25, -0.2) is 0 Å². The van der Waals surface area contributed by atoms with Crippen LogP contribution in [0.15, 0.2) is 61.8 Å². The molecule has 2 aromatic rings. The van der Waals surface area contributed by atoms with E-state index in [1.165, 1.54) is 22.0 Å². The first-order chi connectivity index (χ1) is 12.7. The van der Waals surface area contributed by atoms with E-state index in [0.717, 1.165) is 19.5 Å². The fraction of sp³-hybridized carbons (Fsp3) is 0.318. The van der Waals surface area contributed by atoms with Crippen LogP contribution < -0.4 is 0 Å². The van der Waals surface area contributed by atoms with Crippen molar-refractivity contribution in [2.45, 2.75) is 19.4 Å². The molecule has 2 heterocycles. The first-order valence-electron chi connectivity index (χ1n) is 9.16. The Labute approximate surface area is 155 Å². The lowest BCUT2D eigenvalue weighted by molar-refractivity contribution is -0.135. The van der Waals surface area contributed by atoms with Crippen molar-refractivity contribution < 1.29 is 4.79 Å². The van der Waals surface area contributed by atoms with Crippen molar-refractivity contribution in [2.75, 3.05) is 26.2 Å². The monoisotopic (exact) mass is 349 g/mol. The number of rotatable bonds is 7. The standard InChI is InChI=1S/C22H27N3O/c1-4-12-25(13-5-2)22(26)17(3)24-14-10-18(11-15-24)20-16-23-21-9-7-6-8-19(20)21/h4-10,16-17,23H,1-2,11-15H2,3H3/t17-/m0/s1. The molecule has 1 atom stereocenters. The lowest BCUT2D eigenvalue weighted by atomic mass is 9.98. The Bertz CT molecular complexity index is 823. The fourth-order valence-corrected chi connectivity index (χ4v) is 3.60. The van der Waals surface area contributed by atoms with Crippen molar-refractivity contribution in [1.82, 2.24) is 14.8 Å². The van der Waals surface area contributed by atoms with E-state index in [2.05, 4.69) is 53.5 Å². The molecule has 136 valence electrons. The molecule has 0 saturated heterocycles. The maximum atomic E-state index is 12.8. The van der Waals surface area contributed by atoms with E-state index in [4.69, 9.17) is 0 Å². The average Bonchev–Trinajstić information content (AvgIpc) is 3.11. The third-order valence-electron chi connectivity index (χ3n) is 5.09. The summed E-state index contributed by atoms with van der Waals surface area (Å²) in [6.07, 6.45) is 8.83. The molecule has 1 N–H and O–H groups in total. The van der Waals surface area contributed by atoms with Gasteiger partial charge >= 0.3 is 0 Å². The van der Waals surface area contributed by atoms with Crippen LogP contribution in [0, 0.1) is 0 Å². The third-order valence-corrected chi connectivity index (χ3v) is 5.09. The van der Waals surface area contributed by atoms with Gasteiger partial charge in [-0.15, -0.1) is 13.2 Å². The van der Waals surface area contributed by atoms with Crippen molar-refractivity contribution in [3.8, 4) is 0 Å². The van der Waals surface area contributed by atoms with E-state index in [1.807, 2.05) is 13.0 Å². The highest BCUT2D eigenvalue weighted by molar-refractivity contribution is 5.92. The molecular formula is C22H27N3O. The number of carbonyl (C=O) groups excluding carboxylic acids is 1. The van der Waals surface area contributed by atoms with Crippen molar-refractivity contribution >= 4 is 22.4 Å². The summed E-state index contributed by atoms with van der Waals surface area (Å²) in [5.74, 6) is 0.133. The zero-order valence-corrected chi connectivity index (χ0v) is 15.4. The highest BCUT2D eigenvalue weighted by atomic mass is 16.2. The molecule has 26 heavy (non-hydrogen) atoms. The number of para-hydroxylation sites is 1. The van der Waals surface area contributed by atoms with Gasteiger partial charge in [-0.1, -0.05) is 36.4 Å². The summed E-state index contributed by atoms with van der Waals surface area (Å²) in [5, 5.41) is 1.26. The van der Waals surface area contributed by atoms with Gasteiger partial charge in [-0.2, -0.15) is 0 Å². The Morgan fingerprint density at radius 3 is 2.69 bits per heavy atom. The number of nitrogens with one attached hydrogen (secondary N) is 1. The van der Waals surface area contributed by atoms with Crippen LogP contribution in [0.25, 0.3) is 16.5 Å². The molecule has 0 unspecified atom stereocenters. The first-order valence-corrected chi connectivity index (χ1v) is 9.16. The van der Waals surface area contributed by atoms with Crippen LogP contribution in [-0.4, -0.2) is 52.9 Å². The Hall–Kier alpha value is -2.59. The second-order valence-electron chi connectivity index (χ2n) is 6.72. The minimum absolute atomic E-state index is 0.133. The number of nitrogens with zero attached hydrogens (tertiary/aromatic N) is 2. The highest BCUT2D eigenvalue weighted by Crippen LogP contribution is 2.29. The number of fused-ring (bicyclic) bond motifs is 1. The molecule has 0 radical (unpaired) electrons. The van der Waals surface area contributed by atoms with Crippen molar-refractivity contribution in [3.63, 3.8) is 0 Å². The molecule has 1 amide bonds. The maximum Gasteiger partial charge on any atom is 0.240 e. The normalized spacial score (nSPS) is 16.1. The van der Waals surface area contributed by atoms with Gasteiger partial charge in [-0.05, 0) is 25.0 Å². The molecule has 4 nitrogen and oxygen atoms in total. The smallest absolute Gasteiger partial charge is 0.240 e. The van der Waals surface area contributed by atoms with Gasteiger partial charge in [0.25, 0.3) is 0 Å². The number of H-pyrrole nitrogens is 1. The van der Waals surface area contributed by atoms with Crippen LogP contribution >= 0.6 is 0 Å². The third kappa shape index (κ3) is 3.65. The molecule has 1 aliphatic rings. The van der Waals surface area contributed by atoms with Crippen molar-refractivity contribution in [2.24, 2.45) is 0 Å². The Morgan fingerprint density at radius 1 is 1.31 bits per heavy atom. The number of hydrogen-bond acceptors (Lipinski definition) is 2. The van der Waals surface area contributed by atoms with Crippen LogP contribution in [0.3, 0.4) is 0 Å². The number of aromatic nitrogens is 1. The van der Waals surface area contributed by atoms with E-state index in [-0.39, 0.29) is 11.9 Å². The fourth-order valence-electron chi connectivity index (χ4n) is 3.60. The molecular weight excluding hydrogens is 322 g/mol. The first kappa shape index (κ1) is 18.2. The molecule has 0 spiro atoms. The van der Waals surface area contributed by atoms with Gasteiger partial charge in [0.05, 0.1) is 6.04 Å². The molecule has 4 heteroatoms. The van der Waals surface area contributed by atoms with Gasteiger partial charge in [0.1, 0.15) is 0 Å². The van der Waals surface area contributed by atoms with E-state index < -0.39 is 0 Å². The molecule has 3 rings (SSSR count). The predicted molar refractivity (Wildman–Crippen MR) is 109 cm³/mol. The number of benzene rings is 1. The highest BCUT2D eigenvalue weighted by Gasteiger charge is 2.26. The summed E-state index contributed by atoms with van der Waals surface area (Å²) < 4.78 is 0. The Morgan fingerprint density at radius 2 is 2.04 bits per heavy atom. The Kier molecular flexibility index (Phi) is 5.74. The largest absolute Gasteiger partial charge is 0.361 e. The molecule has 1 aliphatic heterocycles. The van der Waals surface area contributed by atoms with Crippen LogP contribution in [0.2, 0.25) is 0 Å². The van der Waals surface area contributed by atoms with Gasteiger partial charge in [0.15, 0.2) is 0 Å². The van der Waals surface area contributed by atoms with Gasteiger partial charge < -0.3 is 9.88 Å². The molecule has 0 saturated carbocycles. The Balaban J connectivity index is 1.71. The van der Waals surface area contributed by atoms with Gasteiger partial charge in [0, 0.05) is 48.8 Å². The minimum Gasteiger partial charge on any atom is -0.361 e. The minimum atomic E-state index is -0.143. The second kappa shape index (κ2) is 8.19. The number of amides is 1. The van der Waals surface area contributed by atoms with Crippen LogP contribution in [0.5, 0.6) is 0 Å². The van der Waals surface area contributed by atoms with Gasteiger partial charge in [0.2, 0.25) is 5.91 Å². The van der Waals surface area contributed by atoms with Gasteiger partial charge in [-0.3, -0.25) is 9.69 Å². The predicted octanol–water partition coefficient (Wildman–Crippen LogP) is 3.85. The summed E-state index contributed by atoms with van der Waals surface area (Å²) >= 11 is 0. The number of carbonyl (C=O) groups is 1. The maximum absolute atomic E-state index is 12.8. The van der Waals surface area contributed by atoms with Crippen molar-refractivity contribution in [1.29, 1.82) is 0 Å². The zero-order chi connectivity index (χ0) is 18.5. The van der Waals surface area contributed by atoms with Crippen LogP contribution in [0.4, 0.5) is 0 Å². The van der Waals surface area contributed by atoms with E-state index in [1.54, 1.807) is 17.1 Å². The summed E-state index contributed by atoms with van der Waals surface area (Å²) in [6.45, 7) is 12.3. The van der Waals surface area contributed by atoms with Crippen LogP contribution in [-0.2, 0) is 4.79 Å². The van der Waals surface area contributed by atoms with E-state index >= 15 is 0 Å². The lowest BCUT2D eigenvalue weighted by Gasteiger charge is -2.34. The van der Waals surface area contributed by atoms with E-state index in [9.17, 15) is 4.79 Å². The molecule has 0 bridgehead atoms. The van der Waals surface area contributed by atoms with Crippen molar-refractivity contribution in [3.05, 3.63) is 67.4 Å². The zero-order valence-electron chi connectivity index (χ0n) is 15.4. The summed E-state index contributed by atoms with van der Waals surface area (Å²) in [6, 6.07) is 8.23. The lowest BCUT2D eigenvalue weighted by Crippen LogP contribution is -2.48. The molecule has 0 fully saturated rings. The number of aromatic amines is 1. The van der Waals surface area contributed by atoms with E-state index in [0.29, 0.717) is 13.1 Å². The average molecular weight is 349 g/mol. The molecule has 0 aliphatic carbocycles. The quantitative estimate of drug-likeness (QED) is 0.771. The van der Waals surface area contributed by atoms with Crippen LogP contribution in [0.1, 0.15) is 18.9 Å².